The van der Waals surface area contributed by atoms with Crippen LogP contribution >= 0.6 is 0 Å². The molecule has 0 unspecified atom stereocenters. The number of phenolic OH excluding ortho intramolecular Hbond substituents is 1. The lowest BCUT2D eigenvalue weighted by molar-refractivity contribution is -0.913. The fourth-order valence-electron chi connectivity index (χ4n) is 3.17. The summed E-state index contributed by atoms with van der Waals surface area (Å²) in [6, 6.07) is 12.2. The van der Waals surface area contributed by atoms with Crippen LogP contribution in [0, 0.1) is 0 Å². The van der Waals surface area contributed by atoms with E-state index in [0.29, 0.717) is 5.75 Å². The largest absolute Gasteiger partial charge is 0.507 e. The molecule has 2 N–H and O–H groups in total. The number of likely N-dealkylation sites (tertiary alicyclic amines) is 1. The maximum atomic E-state index is 10.2. The molecule has 0 bridgehead atoms. The Morgan fingerprint density at radius 2 is 1.63 bits per heavy atom. The molecule has 0 aliphatic carbocycles. The van der Waals surface area contributed by atoms with Gasteiger partial charge in [0.25, 0.3) is 0 Å². The standard InChI is InChI=1S/C17H21NO/c19-17-10-9-14-7-3-4-8-15(14)16(17)13-18-11-5-1-2-6-12-18/h3-4,7-10,19H,1-2,5-6,11-13H2/p+1. The Hall–Kier alpha value is -1.54. The van der Waals surface area contributed by atoms with E-state index in [1.165, 1.54) is 49.5 Å². The smallest absolute Gasteiger partial charge is 0.125 e. The summed E-state index contributed by atoms with van der Waals surface area (Å²) in [4.78, 5) is 1.61. The Morgan fingerprint density at radius 1 is 0.895 bits per heavy atom. The number of aromatic hydroxyl groups is 1. The summed E-state index contributed by atoms with van der Waals surface area (Å²) in [5, 5.41) is 12.6. The van der Waals surface area contributed by atoms with Gasteiger partial charge in [-0.2, -0.15) is 0 Å². The molecule has 2 heteroatoms. The van der Waals surface area contributed by atoms with Gasteiger partial charge in [-0.3, -0.25) is 0 Å². The molecular weight excluding hydrogens is 234 g/mol. The van der Waals surface area contributed by atoms with Crippen molar-refractivity contribution in [3.63, 3.8) is 0 Å². The number of fused-ring (bicyclic) bond motifs is 1. The van der Waals surface area contributed by atoms with Crippen molar-refractivity contribution in [2.45, 2.75) is 32.2 Å². The predicted octanol–water partition coefficient (Wildman–Crippen LogP) is 2.50. The van der Waals surface area contributed by atoms with Gasteiger partial charge in [0.05, 0.1) is 18.7 Å². The number of benzene rings is 2. The number of nitrogens with one attached hydrogen (secondary N) is 1. The van der Waals surface area contributed by atoms with Gasteiger partial charge in [-0.05, 0) is 42.5 Å². The first kappa shape index (κ1) is 12.5. The van der Waals surface area contributed by atoms with Gasteiger partial charge >= 0.3 is 0 Å². The molecule has 3 rings (SSSR count). The van der Waals surface area contributed by atoms with Crippen LogP contribution in [0.2, 0.25) is 0 Å². The zero-order chi connectivity index (χ0) is 13.1. The molecule has 0 radical (unpaired) electrons. The van der Waals surface area contributed by atoms with Crippen molar-refractivity contribution >= 4 is 10.8 Å². The third kappa shape index (κ3) is 2.74. The third-order valence-electron chi connectivity index (χ3n) is 4.25. The highest BCUT2D eigenvalue weighted by Crippen LogP contribution is 2.26. The lowest BCUT2D eigenvalue weighted by atomic mass is 10.0. The molecule has 1 heterocycles. The van der Waals surface area contributed by atoms with Gasteiger partial charge in [-0.1, -0.05) is 30.3 Å². The van der Waals surface area contributed by atoms with Crippen LogP contribution in [0.25, 0.3) is 10.8 Å². The molecule has 0 spiro atoms. The van der Waals surface area contributed by atoms with E-state index in [2.05, 4.69) is 24.3 Å². The minimum atomic E-state index is 0.454. The van der Waals surface area contributed by atoms with Crippen molar-refractivity contribution in [2.75, 3.05) is 13.1 Å². The van der Waals surface area contributed by atoms with E-state index in [0.717, 1.165) is 12.1 Å². The number of hydrogen-bond donors (Lipinski definition) is 2. The summed E-state index contributed by atoms with van der Waals surface area (Å²) in [6.07, 6.45) is 5.37. The summed E-state index contributed by atoms with van der Waals surface area (Å²) in [6.45, 7) is 3.43. The van der Waals surface area contributed by atoms with E-state index < -0.39 is 0 Å². The van der Waals surface area contributed by atoms with Gasteiger partial charge in [-0.25, -0.2) is 0 Å². The molecule has 100 valence electrons. The molecule has 0 atom stereocenters. The fraction of sp³-hybridized carbons (Fsp3) is 0.412. The summed E-state index contributed by atoms with van der Waals surface area (Å²) in [5.41, 5.74) is 1.12. The Balaban J connectivity index is 1.92. The summed E-state index contributed by atoms with van der Waals surface area (Å²) < 4.78 is 0. The number of hydrogen-bond acceptors (Lipinski definition) is 1. The Bertz CT molecular complexity index is 556. The Labute approximate surface area is 114 Å². The average Bonchev–Trinajstić information content (AvgIpc) is 2.71. The van der Waals surface area contributed by atoms with Crippen molar-refractivity contribution in [1.82, 2.24) is 0 Å². The molecule has 1 fully saturated rings. The third-order valence-corrected chi connectivity index (χ3v) is 4.25. The Kier molecular flexibility index (Phi) is 3.69. The summed E-state index contributed by atoms with van der Waals surface area (Å²) >= 11 is 0. The molecule has 1 aliphatic heterocycles. The van der Waals surface area contributed by atoms with Gasteiger partial charge in [0.15, 0.2) is 0 Å². The molecule has 0 aromatic heterocycles. The number of quaternary nitrogens is 1. The molecule has 0 amide bonds. The highest BCUT2D eigenvalue weighted by atomic mass is 16.3. The highest BCUT2D eigenvalue weighted by molar-refractivity contribution is 5.87. The van der Waals surface area contributed by atoms with E-state index in [9.17, 15) is 5.11 Å². The molecule has 0 saturated carbocycles. The van der Waals surface area contributed by atoms with Crippen LogP contribution in [0.15, 0.2) is 36.4 Å². The number of rotatable bonds is 2. The monoisotopic (exact) mass is 256 g/mol. The SMILES string of the molecule is Oc1ccc2ccccc2c1C[NH+]1CCCCCC1. The molecule has 1 saturated heterocycles. The zero-order valence-electron chi connectivity index (χ0n) is 11.4. The lowest BCUT2D eigenvalue weighted by Gasteiger charge is -2.19. The maximum absolute atomic E-state index is 10.2. The van der Waals surface area contributed by atoms with E-state index in [-0.39, 0.29) is 0 Å². The molecule has 2 nitrogen and oxygen atoms in total. The minimum Gasteiger partial charge on any atom is -0.507 e. The summed E-state index contributed by atoms with van der Waals surface area (Å²) in [5.74, 6) is 0.454. The average molecular weight is 256 g/mol. The van der Waals surface area contributed by atoms with Crippen molar-refractivity contribution in [1.29, 1.82) is 0 Å². The molecular formula is C17H22NO+. The number of phenols is 1. The van der Waals surface area contributed by atoms with Gasteiger partial charge in [0, 0.05) is 0 Å². The Morgan fingerprint density at radius 3 is 2.42 bits per heavy atom. The topological polar surface area (TPSA) is 24.7 Å². The van der Waals surface area contributed by atoms with Crippen LogP contribution in [-0.2, 0) is 6.54 Å². The first-order valence-corrected chi connectivity index (χ1v) is 7.38. The second-order valence-corrected chi connectivity index (χ2v) is 5.63. The summed E-state index contributed by atoms with van der Waals surface area (Å²) in [7, 11) is 0. The molecule has 19 heavy (non-hydrogen) atoms. The molecule has 1 aliphatic rings. The van der Waals surface area contributed by atoms with Crippen LogP contribution in [0.5, 0.6) is 5.75 Å². The van der Waals surface area contributed by atoms with Crippen LogP contribution in [0.4, 0.5) is 0 Å². The van der Waals surface area contributed by atoms with Crippen LogP contribution in [0.1, 0.15) is 31.2 Å². The van der Waals surface area contributed by atoms with E-state index in [4.69, 9.17) is 0 Å². The predicted molar refractivity (Wildman–Crippen MR) is 78.5 cm³/mol. The van der Waals surface area contributed by atoms with Crippen molar-refractivity contribution in [3.8, 4) is 5.75 Å². The fourth-order valence-corrected chi connectivity index (χ4v) is 3.17. The van der Waals surface area contributed by atoms with Crippen LogP contribution in [-0.4, -0.2) is 18.2 Å². The van der Waals surface area contributed by atoms with Crippen LogP contribution < -0.4 is 4.90 Å². The van der Waals surface area contributed by atoms with Crippen molar-refractivity contribution < 1.29 is 10.0 Å². The van der Waals surface area contributed by atoms with E-state index >= 15 is 0 Å². The van der Waals surface area contributed by atoms with E-state index in [1.54, 1.807) is 4.90 Å². The quantitative estimate of drug-likeness (QED) is 0.848. The molecule has 2 aromatic carbocycles. The van der Waals surface area contributed by atoms with Gasteiger partial charge < -0.3 is 10.0 Å². The highest BCUT2D eigenvalue weighted by Gasteiger charge is 2.16. The normalized spacial score (nSPS) is 17.5. The minimum absolute atomic E-state index is 0.454. The zero-order valence-corrected chi connectivity index (χ0v) is 11.4. The first-order chi connectivity index (χ1) is 9.34. The second-order valence-electron chi connectivity index (χ2n) is 5.63. The van der Waals surface area contributed by atoms with Gasteiger partial charge in [0.1, 0.15) is 12.3 Å². The van der Waals surface area contributed by atoms with Crippen molar-refractivity contribution in [2.24, 2.45) is 0 Å². The van der Waals surface area contributed by atoms with Gasteiger partial charge in [-0.15, -0.1) is 0 Å². The molecule has 2 aromatic rings. The first-order valence-electron chi connectivity index (χ1n) is 7.38. The second kappa shape index (κ2) is 5.62. The maximum Gasteiger partial charge on any atom is 0.125 e. The van der Waals surface area contributed by atoms with Gasteiger partial charge in [0.2, 0.25) is 0 Å². The van der Waals surface area contributed by atoms with E-state index in [1.807, 2.05) is 12.1 Å². The lowest BCUT2D eigenvalue weighted by Crippen LogP contribution is -3.10. The van der Waals surface area contributed by atoms with Crippen LogP contribution in [0.3, 0.4) is 0 Å². The van der Waals surface area contributed by atoms with Crippen molar-refractivity contribution in [3.05, 3.63) is 42.0 Å².